The van der Waals surface area contributed by atoms with E-state index in [1.807, 2.05) is 30.3 Å². The average Bonchev–Trinajstić information content (AvgIpc) is 2.99. The van der Waals surface area contributed by atoms with E-state index < -0.39 is 33.5 Å². The number of amides is 1. The Labute approximate surface area is 155 Å². The zero-order valence-electron chi connectivity index (χ0n) is 14.3. The number of halogens is 3. The molecule has 0 aromatic heterocycles. The molecular weight excluding hydrogens is 379 g/mol. The minimum absolute atomic E-state index is 0.00322. The van der Waals surface area contributed by atoms with E-state index in [0.717, 1.165) is 29.8 Å². The van der Waals surface area contributed by atoms with Gasteiger partial charge in [0, 0.05) is 18.2 Å². The molecule has 0 aliphatic carbocycles. The monoisotopic (exact) mass is 397 g/mol. The van der Waals surface area contributed by atoms with Gasteiger partial charge in [0.25, 0.3) is 5.91 Å². The molecular formula is C19H18F3NO3S. The summed E-state index contributed by atoms with van der Waals surface area (Å²) in [5.41, 5.74) is 0.0855. The summed E-state index contributed by atoms with van der Waals surface area (Å²) >= 11 is 0. The molecule has 4 nitrogen and oxygen atoms in total. The molecule has 3 rings (SSSR count). The second-order valence-corrected chi connectivity index (χ2v) is 8.78. The first-order valence-corrected chi connectivity index (χ1v) is 10.2. The molecule has 0 spiro atoms. The molecule has 1 amide bonds. The van der Waals surface area contributed by atoms with Gasteiger partial charge in [-0.25, -0.2) is 8.42 Å². The van der Waals surface area contributed by atoms with Gasteiger partial charge in [0.1, 0.15) is 0 Å². The molecule has 0 unspecified atom stereocenters. The minimum Gasteiger partial charge on any atom is -0.330 e. The second kappa shape index (κ2) is 7.34. The maximum Gasteiger partial charge on any atom is 0.416 e. The summed E-state index contributed by atoms with van der Waals surface area (Å²) in [6, 6.07) is 12.6. The zero-order valence-corrected chi connectivity index (χ0v) is 15.1. The van der Waals surface area contributed by atoms with Crippen molar-refractivity contribution in [1.29, 1.82) is 0 Å². The highest BCUT2D eigenvalue weighted by atomic mass is 32.2. The highest BCUT2D eigenvalue weighted by Gasteiger charge is 2.35. The van der Waals surface area contributed by atoms with Crippen molar-refractivity contribution < 1.29 is 26.4 Å². The standard InChI is InChI=1S/C19H18F3NO3S/c20-19(21,22)16-8-6-15(7-9-16)18(24)23(12-14-4-2-1-3-5-14)17-10-11-27(25,26)13-17/h1-9,17H,10-13H2/t17-/m1/s1. The van der Waals surface area contributed by atoms with Crippen molar-refractivity contribution in [2.45, 2.75) is 25.2 Å². The lowest BCUT2D eigenvalue weighted by Crippen LogP contribution is -2.40. The van der Waals surface area contributed by atoms with Crippen LogP contribution in [0.2, 0.25) is 0 Å². The first kappa shape index (κ1) is 19.4. The molecule has 2 aromatic rings. The first-order valence-electron chi connectivity index (χ1n) is 8.38. The molecule has 1 heterocycles. The van der Waals surface area contributed by atoms with Crippen LogP contribution in [0.25, 0.3) is 0 Å². The highest BCUT2D eigenvalue weighted by molar-refractivity contribution is 7.91. The average molecular weight is 397 g/mol. The van der Waals surface area contributed by atoms with Crippen LogP contribution in [-0.4, -0.2) is 36.8 Å². The first-order chi connectivity index (χ1) is 12.7. The third-order valence-corrected chi connectivity index (χ3v) is 6.32. The molecule has 1 atom stereocenters. The molecule has 27 heavy (non-hydrogen) atoms. The Morgan fingerprint density at radius 2 is 1.67 bits per heavy atom. The fourth-order valence-corrected chi connectivity index (χ4v) is 4.87. The number of rotatable bonds is 4. The summed E-state index contributed by atoms with van der Waals surface area (Å²) in [5.74, 6) is -0.607. The van der Waals surface area contributed by atoms with Gasteiger partial charge in [0.05, 0.1) is 17.1 Å². The van der Waals surface area contributed by atoms with Gasteiger partial charge in [-0.15, -0.1) is 0 Å². The Bertz CT molecular complexity index is 909. The molecule has 0 bridgehead atoms. The molecule has 0 saturated carbocycles. The number of sulfone groups is 1. The van der Waals surface area contributed by atoms with Crippen LogP contribution < -0.4 is 0 Å². The molecule has 0 radical (unpaired) electrons. The number of benzene rings is 2. The third kappa shape index (κ3) is 4.68. The van der Waals surface area contributed by atoms with Crippen LogP contribution in [0.15, 0.2) is 54.6 Å². The van der Waals surface area contributed by atoms with Gasteiger partial charge in [-0.3, -0.25) is 4.79 Å². The maximum atomic E-state index is 13.0. The Morgan fingerprint density at radius 3 is 2.19 bits per heavy atom. The molecule has 1 saturated heterocycles. The Morgan fingerprint density at radius 1 is 1.04 bits per heavy atom. The van der Waals surface area contributed by atoms with E-state index >= 15 is 0 Å². The van der Waals surface area contributed by atoms with Crippen LogP contribution in [0, 0.1) is 0 Å². The van der Waals surface area contributed by atoms with Gasteiger partial charge >= 0.3 is 6.18 Å². The van der Waals surface area contributed by atoms with Gasteiger partial charge in [0.2, 0.25) is 0 Å². The SMILES string of the molecule is O=C(c1ccc(C(F)(F)F)cc1)N(Cc1ccccc1)[C@@H]1CCS(=O)(=O)C1. The molecule has 1 aliphatic rings. The van der Waals surface area contributed by atoms with E-state index in [1.165, 1.54) is 4.90 Å². The Balaban J connectivity index is 1.88. The molecule has 1 fully saturated rings. The molecule has 2 aromatic carbocycles. The minimum atomic E-state index is -4.48. The largest absolute Gasteiger partial charge is 0.416 e. The van der Waals surface area contributed by atoms with Crippen molar-refractivity contribution in [3.63, 3.8) is 0 Å². The number of carbonyl (C=O) groups is 1. The lowest BCUT2D eigenvalue weighted by atomic mass is 10.1. The number of hydrogen-bond acceptors (Lipinski definition) is 3. The summed E-state index contributed by atoms with van der Waals surface area (Å²) in [6.07, 6.45) is -4.16. The smallest absolute Gasteiger partial charge is 0.330 e. The number of alkyl halides is 3. The molecule has 1 aliphatic heterocycles. The van der Waals surface area contributed by atoms with Crippen LogP contribution >= 0.6 is 0 Å². The maximum absolute atomic E-state index is 13.0. The van der Waals surface area contributed by atoms with Gasteiger partial charge < -0.3 is 4.90 Å². The van der Waals surface area contributed by atoms with Gasteiger partial charge in [0.15, 0.2) is 9.84 Å². The predicted octanol–water partition coefficient (Wildman–Crippen LogP) is 3.53. The summed E-state index contributed by atoms with van der Waals surface area (Å²) in [4.78, 5) is 14.4. The topological polar surface area (TPSA) is 54.5 Å². The van der Waals surface area contributed by atoms with Gasteiger partial charge in [-0.05, 0) is 36.2 Å². The zero-order chi connectivity index (χ0) is 19.7. The van der Waals surface area contributed by atoms with E-state index in [0.29, 0.717) is 6.42 Å². The number of carbonyl (C=O) groups excluding carboxylic acids is 1. The summed E-state index contributed by atoms with van der Waals surface area (Å²) in [7, 11) is -3.22. The highest BCUT2D eigenvalue weighted by Crippen LogP contribution is 2.30. The van der Waals surface area contributed by atoms with Crippen molar-refractivity contribution in [1.82, 2.24) is 4.90 Å². The molecule has 144 valence electrons. The lowest BCUT2D eigenvalue weighted by molar-refractivity contribution is -0.137. The van der Waals surface area contributed by atoms with Crippen LogP contribution in [0.3, 0.4) is 0 Å². The van der Waals surface area contributed by atoms with Crippen LogP contribution in [0.5, 0.6) is 0 Å². The number of hydrogen-bond donors (Lipinski definition) is 0. The van der Waals surface area contributed by atoms with Crippen molar-refractivity contribution >= 4 is 15.7 Å². The van der Waals surface area contributed by atoms with Crippen LogP contribution in [0.4, 0.5) is 13.2 Å². The summed E-state index contributed by atoms with van der Waals surface area (Å²) < 4.78 is 61.9. The van der Waals surface area contributed by atoms with Crippen molar-refractivity contribution in [2.24, 2.45) is 0 Å². The van der Waals surface area contributed by atoms with E-state index in [9.17, 15) is 26.4 Å². The second-order valence-electron chi connectivity index (χ2n) is 6.55. The quantitative estimate of drug-likeness (QED) is 0.793. The van der Waals surface area contributed by atoms with Crippen molar-refractivity contribution in [2.75, 3.05) is 11.5 Å². The Hall–Kier alpha value is -2.35. The third-order valence-electron chi connectivity index (χ3n) is 4.56. The van der Waals surface area contributed by atoms with E-state index in [4.69, 9.17) is 0 Å². The normalized spacial score (nSPS) is 19.0. The van der Waals surface area contributed by atoms with Crippen molar-refractivity contribution in [3.05, 3.63) is 71.3 Å². The lowest BCUT2D eigenvalue weighted by Gasteiger charge is -2.28. The summed E-state index contributed by atoms with van der Waals surface area (Å²) in [5, 5.41) is 0. The van der Waals surface area contributed by atoms with Gasteiger partial charge in [-0.1, -0.05) is 30.3 Å². The fourth-order valence-electron chi connectivity index (χ4n) is 3.14. The van der Waals surface area contributed by atoms with Crippen LogP contribution in [-0.2, 0) is 22.6 Å². The van der Waals surface area contributed by atoms with E-state index in [-0.39, 0.29) is 23.6 Å². The van der Waals surface area contributed by atoms with Crippen LogP contribution in [0.1, 0.15) is 27.9 Å². The number of nitrogens with zero attached hydrogens (tertiary/aromatic N) is 1. The van der Waals surface area contributed by atoms with Gasteiger partial charge in [-0.2, -0.15) is 13.2 Å². The predicted molar refractivity (Wildman–Crippen MR) is 94.8 cm³/mol. The molecule has 0 N–H and O–H groups in total. The fraction of sp³-hybridized carbons (Fsp3) is 0.316. The molecule has 8 heteroatoms. The summed E-state index contributed by atoms with van der Waals surface area (Å²) in [6.45, 7) is 0.195. The Kier molecular flexibility index (Phi) is 5.28. The van der Waals surface area contributed by atoms with E-state index in [1.54, 1.807) is 0 Å². The van der Waals surface area contributed by atoms with Crippen molar-refractivity contribution in [3.8, 4) is 0 Å². The van der Waals surface area contributed by atoms with E-state index in [2.05, 4.69) is 0 Å².